The summed E-state index contributed by atoms with van der Waals surface area (Å²) in [4.78, 5) is 14.8. The van der Waals surface area contributed by atoms with Crippen molar-refractivity contribution in [2.45, 2.75) is 26.3 Å². The van der Waals surface area contributed by atoms with Crippen LogP contribution in [-0.4, -0.2) is 28.8 Å². The summed E-state index contributed by atoms with van der Waals surface area (Å²) in [5.74, 6) is 1.92. The lowest BCUT2D eigenvalue weighted by Crippen LogP contribution is -2.27. The Bertz CT molecular complexity index is 846. The third kappa shape index (κ3) is 4.73. The van der Waals surface area contributed by atoms with Crippen LogP contribution in [0, 0.1) is 0 Å². The number of thioether (sulfide) groups is 1. The van der Waals surface area contributed by atoms with E-state index in [1.807, 2.05) is 30.3 Å². The van der Waals surface area contributed by atoms with Gasteiger partial charge in [-0.25, -0.2) is 0 Å². The lowest BCUT2D eigenvalue weighted by Gasteiger charge is -2.12. The maximum atomic E-state index is 12.7. The van der Waals surface area contributed by atoms with Gasteiger partial charge in [0.25, 0.3) is 5.91 Å². The molecule has 2 heterocycles. The summed E-state index contributed by atoms with van der Waals surface area (Å²) < 4.78 is 17.0. The number of thiocarbonyl (C=S) groups is 1. The molecule has 27 heavy (non-hydrogen) atoms. The summed E-state index contributed by atoms with van der Waals surface area (Å²) in [5.41, 5.74) is 0.855. The summed E-state index contributed by atoms with van der Waals surface area (Å²) >= 11 is 6.64. The average Bonchev–Trinajstić information content (AvgIpc) is 3.27. The highest BCUT2D eigenvalue weighted by Gasteiger charge is 2.32. The number of benzene rings is 1. The molecule has 1 aliphatic rings. The van der Waals surface area contributed by atoms with Crippen molar-refractivity contribution in [3.63, 3.8) is 0 Å². The van der Waals surface area contributed by atoms with Gasteiger partial charge in [-0.3, -0.25) is 9.69 Å². The molecule has 0 bridgehead atoms. The van der Waals surface area contributed by atoms with Gasteiger partial charge < -0.3 is 13.9 Å². The van der Waals surface area contributed by atoms with Crippen molar-refractivity contribution in [2.24, 2.45) is 0 Å². The van der Waals surface area contributed by atoms with E-state index in [0.29, 0.717) is 39.6 Å². The number of carbonyl (C=O) groups excluding carboxylic acids is 1. The van der Waals surface area contributed by atoms with Crippen molar-refractivity contribution in [1.29, 1.82) is 0 Å². The van der Waals surface area contributed by atoms with Gasteiger partial charge in [0.2, 0.25) is 0 Å². The van der Waals surface area contributed by atoms with Crippen LogP contribution >= 0.6 is 24.0 Å². The first-order chi connectivity index (χ1) is 13.1. The highest BCUT2D eigenvalue weighted by molar-refractivity contribution is 8.26. The molecular formula is C20H21NO4S2. The zero-order chi connectivity index (χ0) is 19.2. The molecule has 1 aromatic carbocycles. The monoisotopic (exact) mass is 403 g/mol. The lowest BCUT2D eigenvalue weighted by atomic mass is 10.2. The minimum atomic E-state index is -0.122. The number of nitrogens with zero attached hydrogens (tertiary/aromatic N) is 1. The molecule has 0 aliphatic carbocycles. The Morgan fingerprint density at radius 3 is 2.85 bits per heavy atom. The molecule has 1 fully saturated rings. The second kappa shape index (κ2) is 9.10. The number of rotatable bonds is 8. The first kappa shape index (κ1) is 19.5. The minimum Gasteiger partial charge on any atom is -0.493 e. The summed E-state index contributed by atoms with van der Waals surface area (Å²) in [6.07, 6.45) is 5.46. The standard InChI is InChI=1S/C20H21NO4S2/c1-3-4-9-25-16-8-7-14(11-17(16)23-2)12-18-19(22)21(20(26)27-18)13-15-6-5-10-24-15/h5-8,10-12H,3-4,9,13H2,1-2H3/b18-12-. The fourth-order valence-electron chi connectivity index (χ4n) is 2.57. The van der Waals surface area contributed by atoms with Crippen molar-refractivity contribution >= 4 is 40.3 Å². The number of carbonyl (C=O) groups is 1. The Balaban J connectivity index is 1.75. The molecule has 0 spiro atoms. The predicted octanol–water partition coefficient (Wildman–Crippen LogP) is 4.87. The fraction of sp³-hybridized carbons (Fsp3) is 0.300. The van der Waals surface area contributed by atoms with E-state index in [1.165, 1.54) is 11.8 Å². The van der Waals surface area contributed by atoms with Gasteiger partial charge in [-0.2, -0.15) is 0 Å². The van der Waals surface area contributed by atoms with Crippen molar-refractivity contribution < 1.29 is 18.7 Å². The van der Waals surface area contributed by atoms with Gasteiger partial charge in [-0.15, -0.1) is 0 Å². The second-order valence-corrected chi connectivity index (χ2v) is 7.64. The largest absolute Gasteiger partial charge is 0.493 e. The van der Waals surface area contributed by atoms with E-state index in [1.54, 1.807) is 24.3 Å². The molecule has 0 saturated carbocycles. The Kier molecular flexibility index (Phi) is 6.58. The van der Waals surface area contributed by atoms with E-state index in [2.05, 4.69) is 6.92 Å². The molecule has 1 saturated heterocycles. The summed E-state index contributed by atoms with van der Waals surface area (Å²) in [7, 11) is 1.61. The maximum absolute atomic E-state index is 12.7. The minimum absolute atomic E-state index is 0.122. The molecule has 7 heteroatoms. The molecule has 2 aromatic rings. The van der Waals surface area contributed by atoms with Crippen molar-refractivity contribution in [3.05, 3.63) is 52.8 Å². The van der Waals surface area contributed by atoms with Crippen LogP contribution in [0.5, 0.6) is 11.5 Å². The summed E-state index contributed by atoms with van der Waals surface area (Å²) in [5, 5.41) is 0. The van der Waals surface area contributed by atoms with Gasteiger partial charge >= 0.3 is 0 Å². The van der Waals surface area contributed by atoms with Crippen LogP contribution in [0.15, 0.2) is 45.9 Å². The Hall–Kier alpha value is -2.25. The molecule has 0 N–H and O–H groups in total. The van der Waals surface area contributed by atoms with Gasteiger partial charge in [0, 0.05) is 0 Å². The van der Waals surface area contributed by atoms with Gasteiger partial charge in [0.05, 0.1) is 31.4 Å². The van der Waals surface area contributed by atoms with Crippen LogP contribution in [0.25, 0.3) is 6.08 Å². The molecular weight excluding hydrogens is 382 g/mol. The molecule has 1 amide bonds. The summed E-state index contributed by atoms with van der Waals surface area (Å²) in [6.45, 7) is 3.10. The van der Waals surface area contributed by atoms with Gasteiger partial charge in [0.1, 0.15) is 10.1 Å². The van der Waals surface area contributed by atoms with E-state index in [9.17, 15) is 4.79 Å². The quantitative estimate of drug-likeness (QED) is 0.356. The first-order valence-electron chi connectivity index (χ1n) is 8.71. The first-order valence-corrected chi connectivity index (χ1v) is 9.93. The average molecular weight is 404 g/mol. The molecule has 0 atom stereocenters. The summed E-state index contributed by atoms with van der Waals surface area (Å²) in [6, 6.07) is 9.25. The molecule has 0 radical (unpaired) electrons. The van der Waals surface area contributed by atoms with Gasteiger partial charge in [0.15, 0.2) is 11.5 Å². The number of ether oxygens (including phenoxy) is 2. The lowest BCUT2D eigenvalue weighted by molar-refractivity contribution is -0.122. The molecule has 5 nitrogen and oxygen atoms in total. The van der Waals surface area contributed by atoms with E-state index in [4.69, 9.17) is 26.1 Å². The number of methoxy groups -OCH3 is 1. The molecule has 1 aliphatic heterocycles. The topological polar surface area (TPSA) is 51.9 Å². The number of hydrogen-bond acceptors (Lipinski definition) is 6. The van der Waals surface area contributed by atoms with E-state index in [-0.39, 0.29) is 5.91 Å². The van der Waals surface area contributed by atoms with E-state index >= 15 is 0 Å². The van der Waals surface area contributed by atoms with Gasteiger partial charge in [-0.05, 0) is 42.3 Å². The highest BCUT2D eigenvalue weighted by Crippen LogP contribution is 2.35. The Morgan fingerprint density at radius 1 is 1.30 bits per heavy atom. The highest BCUT2D eigenvalue weighted by atomic mass is 32.2. The third-order valence-electron chi connectivity index (χ3n) is 4.01. The Labute approximate surface area is 168 Å². The zero-order valence-corrected chi connectivity index (χ0v) is 16.9. The molecule has 0 unspecified atom stereocenters. The molecule has 3 rings (SSSR count). The normalized spacial score (nSPS) is 15.6. The van der Waals surface area contributed by atoms with Crippen LogP contribution in [0.2, 0.25) is 0 Å². The van der Waals surface area contributed by atoms with E-state index in [0.717, 1.165) is 18.4 Å². The third-order valence-corrected chi connectivity index (χ3v) is 5.39. The zero-order valence-electron chi connectivity index (χ0n) is 15.3. The Morgan fingerprint density at radius 2 is 2.15 bits per heavy atom. The van der Waals surface area contributed by atoms with Crippen LogP contribution in [0.4, 0.5) is 0 Å². The SMILES string of the molecule is CCCCOc1ccc(/C=C2\SC(=S)N(Cc3ccco3)C2=O)cc1OC. The van der Waals surface area contributed by atoms with Crippen LogP contribution in [0.1, 0.15) is 31.1 Å². The van der Waals surface area contributed by atoms with Crippen molar-refractivity contribution in [3.8, 4) is 11.5 Å². The fourth-order valence-corrected chi connectivity index (χ4v) is 3.82. The predicted molar refractivity (Wildman–Crippen MR) is 111 cm³/mol. The molecule has 1 aromatic heterocycles. The van der Waals surface area contributed by atoms with Crippen molar-refractivity contribution in [1.82, 2.24) is 4.90 Å². The second-order valence-electron chi connectivity index (χ2n) is 5.96. The molecule has 142 valence electrons. The van der Waals surface area contributed by atoms with Crippen LogP contribution < -0.4 is 9.47 Å². The number of unbranched alkanes of at least 4 members (excludes halogenated alkanes) is 1. The smallest absolute Gasteiger partial charge is 0.266 e. The number of furan rings is 1. The number of amides is 1. The maximum Gasteiger partial charge on any atom is 0.266 e. The van der Waals surface area contributed by atoms with E-state index < -0.39 is 0 Å². The van der Waals surface area contributed by atoms with Gasteiger partial charge in [-0.1, -0.05) is 43.4 Å². The van der Waals surface area contributed by atoms with Crippen LogP contribution in [0.3, 0.4) is 0 Å². The number of hydrogen-bond donors (Lipinski definition) is 0. The van der Waals surface area contributed by atoms with Crippen molar-refractivity contribution in [2.75, 3.05) is 13.7 Å². The van der Waals surface area contributed by atoms with Crippen LogP contribution in [-0.2, 0) is 11.3 Å².